The van der Waals surface area contributed by atoms with Crippen molar-refractivity contribution >= 4 is 33.4 Å². The lowest BCUT2D eigenvalue weighted by molar-refractivity contribution is -0.126. The van der Waals surface area contributed by atoms with Crippen LogP contribution in [-0.4, -0.2) is 17.4 Å². The summed E-state index contributed by atoms with van der Waals surface area (Å²) in [6.07, 6.45) is 4.92. The smallest absolute Gasteiger partial charge is 0.239 e. The maximum Gasteiger partial charge on any atom is 0.239 e. The van der Waals surface area contributed by atoms with Crippen molar-refractivity contribution in [3.63, 3.8) is 0 Å². The van der Waals surface area contributed by atoms with Crippen molar-refractivity contribution in [3.8, 4) is 5.88 Å². The zero-order valence-electron chi connectivity index (χ0n) is 10.8. The van der Waals surface area contributed by atoms with Gasteiger partial charge < -0.3 is 10.1 Å². The summed E-state index contributed by atoms with van der Waals surface area (Å²) in [5, 5.41) is 3.07. The van der Waals surface area contributed by atoms with Crippen LogP contribution >= 0.6 is 27.5 Å². The third-order valence-electron chi connectivity index (χ3n) is 3.85. The van der Waals surface area contributed by atoms with Crippen LogP contribution in [0.4, 0.5) is 0 Å². The summed E-state index contributed by atoms with van der Waals surface area (Å²) < 4.78 is 10.1. The van der Waals surface area contributed by atoms with Crippen LogP contribution in [0.3, 0.4) is 0 Å². The van der Waals surface area contributed by atoms with Gasteiger partial charge in [0.15, 0.2) is 0 Å². The molecule has 1 aromatic heterocycles. The van der Waals surface area contributed by atoms with Gasteiger partial charge in [-0.15, -0.1) is 0 Å². The normalized spacial score (nSPS) is 18.7. The molecule has 1 aromatic rings. The molecule has 0 saturated heterocycles. The monoisotopic (exact) mass is 344 g/mol. The van der Waals surface area contributed by atoms with E-state index in [2.05, 4.69) is 25.6 Å². The number of hydrogen-bond acceptors (Lipinski definition) is 4. The number of halogens is 1. The van der Waals surface area contributed by atoms with Crippen LogP contribution in [0.25, 0.3) is 0 Å². The Morgan fingerprint density at radius 2 is 2.11 bits per heavy atom. The number of ether oxygens (including phenoxy) is 1. The molecule has 0 unspecified atom stereocenters. The number of nitrogens with zero attached hydrogens (tertiary/aromatic N) is 1. The van der Waals surface area contributed by atoms with Gasteiger partial charge >= 0.3 is 0 Å². The molecule has 2 saturated carbocycles. The average Bonchev–Trinajstić information content (AvgIpc) is 3.30. The maximum atomic E-state index is 12.3. The Balaban J connectivity index is 1.58. The minimum absolute atomic E-state index is 0.226. The third kappa shape index (κ3) is 2.94. The van der Waals surface area contributed by atoms with Crippen LogP contribution in [0.15, 0.2) is 4.47 Å². The summed E-state index contributed by atoms with van der Waals surface area (Å²) in [7, 11) is 1.60. The lowest BCUT2D eigenvalue weighted by Gasteiger charge is -2.14. The van der Waals surface area contributed by atoms with Gasteiger partial charge in [0, 0.05) is 5.92 Å². The first-order valence-corrected chi connectivity index (χ1v) is 8.23. The third-order valence-corrected chi connectivity index (χ3v) is 5.76. The largest absolute Gasteiger partial charge is 0.480 e. The molecule has 0 bridgehead atoms. The molecule has 0 aliphatic heterocycles. The maximum absolute atomic E-state index is 12.3. The van der Waals surface area contributed by atoms with E-state index in [0.717, 1.165) is 9.35 Å². The van der Waals surface area contributed by atoms with Crippen LogP contribution in [-0.2, 0) is 11.3 Å². The summed E-state index contributed by atoms with van der Waals surface area (Å²) in [6, 6.07) is 0. The van der Waals surface area contributed by atoms with Crippen molar-refractivity contribution in [3.05, 3.63) is 9.35 Å². The highest BCUT2D eigenvalue weighted by Crippen LogP contribution is 2.49. The number of amides is 1. The van der Waals surface area contributed by atoms with Crippen molar-refractivity contribution in [1.82, 2.24) is 9.69 Å². The topological polar surface area (TPSA) is 51.2 Å². The molecule has 1 heterocycles. The summed E-state index contributed by atoms with van der Waals surface area (Å²) >= 11 is 4.82. The molecule has 2 aliphatic rings. The molecule has 2 aliphatic carbocycles. The fourth-order valence-electron chi connectivity index (χ4n) is 2.54. The van der Waals surface area contributed by atoms with E-state index < -0.39 is 0 Å². The summed E-state index contributed by atoms with van der Waals surface area (Å²) in [5.74, 6) is 2.37. The predicted octanol–water partition coefficient (Wildman–Crippen LogP) is 2.97. The first-order chi connectivity index (χ1) is 9.20. The lowest BCUT2D eigenvalue weighted by atomic mass is 9.97. The standard InChI is InChI=1S/C13H17BrN2O2S/c1-18-13-11(14)9(19-16-13)6-15-12(17)10(7-2-3-7)8-4-5-8/h7-8,10H,2-6H2,1H3,(H,15,17). The average molecular weight is 345 g/mol. The summed E-state index contributed by atoms with van der Waals surface area (Å²) in [4.78, 5) is 13.3. The fraction of sp³-hybridized carbons (Fsp3) is 0.692. The Hall–Kier alpha value is -0.620. The molecule has 6 heteroatoms. The molecule has 1 amide bonds. The molecular formula is C13H17BrN2O2S. The van der Waals surface area contributed by atoms with Crippen molar-refractivity contribution < 1.29 is 9.53 Å². The first kappa shape index (κ1) is 13.4. The van der Waals surface area contributed by atoms with E-state index in [0.29, 0.717) is 24.3 Å². The lowest BCUT2D eigenvalue weighted by Crippen LogP contribution is -2.32. The molecule has 0 aromatic carbocycles. The number of aromatic nitrogens is 1. The van der Waals surface area contributed by atoms with Crippen LogP contribution in [0.5, 0.6) is 5.88 Å². The first-order valence-electron chi connectivity index (χ1n) is 6.66. The van der Waals surface area contributed by atoms with Gasteiger partial charge in [0.05, 0.1) is 23.0 Å². The van der Waals surface area contributed by atoms with Crippen molar-refractivity contribution in [2.45, 2.75) is 32.2 Å². The predicted molar refractivity (Wildman–Crippen MR) is 77.2 cm³/mol. The van der Waals surface area contributed by atoms with Crippen LogP contribution in [0.1, 0.15) is 30.6 Å². The molecule has 19 heavy (non-hydrogen) atoms. The van der Waals surface area contributed by atoms with Gasteiger partial charge in [-0.25, -0.2) is 0 Å². The Labute approximate surface area is 125 Å². The number of hydrogen-bond donors (Lipinski definition) is 1. The summed E-state index contributed by atoms with van der Waals surface area (Å²) in [5.41, 5.74) is 0. The minimum atomic E-state index is 0.226. The van der Waals surface area contributed by atoms with Crippen LogP contribution < -0.4 is 10.1 Å². The van der Waals surface area contributed by atoms with E-state index >= 15 is 0 Å². The highest BCUT2D eigenvalue weighted by atomic mass is 79.9. The van der Waals surface area contributed by atoms with E-state index in [4.69, 9.17) is 4.74 Å². The zero-order chi connectivity index (χ0) is 13.4. The van der Waals surface area contributed by atoms with E-state index in [-0.39, 0.29) is 11.8 Å². The molecule has 3 rings (SSSR count). The highest BCUT2D eigenvalue weighted by Gasteiger charge is 2.45. The van der Waals surface area contributed by atoms with Crippen LogP contribution in [0, 0.1) is 17.8 Å². The second-order valence-corrected chi connectivity index (χ2v) is 7.00. The van der Waals surface area contributed by atoms with Gasteiger partial charge in [0.25, 0.3) is 0 Å². The Morgan fingerprint density at radius 3 is 2.58 bits per heavy atom. The SMILES string of the molecule is COc1nsc(CNC(=O)C(C2CC2)C2CC2)c1Br. The number of nitrogens with one attached hydrogen (secondary N) is 1. The van der Waals surface area contributed by atoms with E-state index in [1.165, 1.54) is 37.2 Å². The van der Waals surface area contributed by atoms with Gasteiger partial charge in [-0.2, -0.15) is 4.37 Å². The summed E-state index contributed by atoms with van der Waals surface area (Å²) in [6.45, 7) is 0.538. The van der Waals surface area contributed by atoms with Crippen molar-refractivity contribution in [2.75, 3.05) is 7.11 Å². The minimum Gasteiger partial charge on any atom is -0.480 e. The number of carbonyl (C=O) groups excluding carboxylic acids is 1. The Morgan fingerprint density at radius 1 is 1.47 bits per heavy atom. The molecule has 0 radical (unpaired) electrons. The molecule has 4 nitrogen and oxygen atoms in total. The molecule has 104 valence electrons. The van der Waals surface area contributed by atoms with Gasteiger partial charge in [0.1, 0.15) is 0 Å². The van der Waals surface area contributed by atoms with E-state index in [1.54, 1.807) is 7.11 Å². The molecule has 1 N–H and O–H groups in total. The molecule has 0 spiro atoms. The van der Waals surface area contributed by atoms with Crippen molar-refractivity contribution in [2.24, 2.45) is 17.8 Å². The van der Waals surface area contributed by atoms with Gasteiger partial charge in [-0.3, -0.25) is 4.79 Å². The van der Waals surface area contributed by atoms with Gasteiger partial charge in [0.2, 0.25) is 11.8 Å². The second-order valence-electron chi connectivity index (χ2n) is 5.35. The zero-order valence-corrected chi connectivity index (χ0v) is 13.2. The molecule has 0 atom stereocenters. The van der Waals surface area contributed by atoms with Gasteiger partial charge in [-0.05, 0) is 65.0 Å². The quantitative estimate of drug-likeness (QED) is 0.862. The second kappa shape index (κ2) is 5.40. The van der Waals surface area contributed by atoms with Crippen molar-refractivity contribution in [1.29, 1.82) is 0 Å². The highest BCUT2D eigenvalue weighted by molar-refractivity contribution is 9.10. The molecular weight excluding hydrogens is 328 g/mol. The van der Waals surface area contributed by atoms with Gasteiger partial charge in [-0.1, -0.05) is 0 Å². The Bertz CT molecular complexity index is 471. The number of rotatable bonds is 6. The van der Waals surface area contributed by atoms with E-state index in [1.807, 2.05) is 0 Å². The number of methoxy groups -OCH3 is 1. The Kier molecular flexibility index (Phi) is 3.80. The van der Waals surface area contributed by atoms with E-state index in [9.17, 15) is 4.79 Å². The fourth-order valence-corrected chi connectivity index (χ4v) is 3.93. The number of carbonyl (C=O) groups is 1. The van der Waals surface area contributed by atoms with Crippen LogP contribution in [0.2, 0.25) is 0 Å². The molecule has 2 fully saturated rings.